The van der Waals surface area contributed by atoms with Crippen molar-refractivity contribution in [2.45, 2.75) is 6.92 Å². The molecule has 142 valence electrons. The van der Waals surface area contributed by atoms with Gasteiger partial charge in [-0.25, -0.2) is 0 Å². The lowest BCUT2D eigenvalue weighted by atomic mass is 10.1. The van der Waals surface area contributed by atoms with Gasteiger partial charge in [0, 0.05) is 22.1 Å². The summed E-state index contributed by atoms with van der Waals surface area (Å²) in [5.41, 5.74) is 3.21. The van der Waals surface area contributed by atoms with E-state index in [2.05, 4.69) is 16.0 Å². The molecular weight excluding hydrogens is 374 g/mol. The number of rotatable bonds is 6. The molecule has 0 aromatic heterocycles. The topological polar surface area (TPSA) is 70.2 Å². The molecule has 0 aliphatic heterocycles. The highest BCUT2D eigenvalue weighted by molar-refractivity contribution is 6.31. The van der Waals surface area contributed by atoms with Gasteiger partial charge in [0.1, 0.15) is 0 Å². The van der Waals surface area contributed by atoms with Gasteiger partial charge < -0.3 is 16.0 Å². The molecule has 0 aliphatic carbocycles. The maximum Gasteiger partial charge on any atom is 0.257 e. The van der Waals surface area contributed by atoms with Crippen LogP contribution in [0.3, 0.4) is 0 Å². The minimum absolute atomic E-state index is 0.0155. The van der Waals surface area contributed by atoms with Gasteiger partial charge in [0.2, 0.25) is 5.91 Å². The quantitative estimate of drug-likeness (QED) is 0.554. The zero-order chi connectivity index (χ0) is 19.9. The molecule has 0 radical (unpaired) electrons. The minimum Gasteiger partial charge on any atom is -0.376 e. The summed E-state index contributed by atoms with van der Waals surface area (Å²) in [4.78, 5) is 24.9. The number of halogens is 1. The Hall–Kier alpha value is -3.31. The van der Waals surface area contributed by atoms with Crippen LogP contribution in [0, 0.1) is 6.92 Å². The molecule has 6 heteroatoms. The van der Waals surface area contributed by atoms with Crippen molar-refractivity contribution in [3.63, 3.8) is 0 Å². The smallest absolute Gasteiger partial charge is 0.257 e. The Balaban J connectivity index is 1.65. The average Bonchev–Trinajstić information content (AvgIpc) is 2.71. The van der Waals surface area contributed by atoms with Crippen molar-refractivity contribution < 1.29 is 9.59 Å². The first-order chi connectivity index (χ1) is 13.5. The molecule has 0 bridgehead atoms. The second kappa shape index (κ2) is 9.06. The fourth-order valence-corrected chi connectivity index (χ4v) is 2.84. The zero-order valence-corrected chi connectivity index (χ0v) is 16.1. The highest BCUT2D eigenvalue weighted by Gasteiger charge is 2.13. The summed E-state index contributed by atoms with van der Waals surface area (Å²) in [5.74, 6) is -0.482. The van der Waals surface area contributed by atoms with Crippen molar-refractivity contribution in [1.82, 2.24) is 0 Å². The van der Waals surface area contributed by atoms with Gasteiger partial charge in [-0.1, -0.05) is 48.0 Å². The van der Waals surface area contributed by atoms with Crippen molar-refractivity contribution in [3.05, 3.63) is 88.9 Å². The third-order valence-electron chi connectivity index (χ3n) is 4.18. The van der Waals surface area contributed by atoms with Crippen molar-refractivity contribution in [2.24, 2.45) is 0 Å². The molecule has 0 aliphatic rings. The molecular formula is C22H20ClN3O2. The lowest BCUT2D eigenvalue weighted by Crippen LogP contribution is -2.23. The molecule has 28 heavy (non-hydrogen) atoms. The standard InChI is InChI=1S/C22H20ClN3O2/c1-15-18(23)11-7-13-19(15)26-21(27)14-24-20-12-6-5-10-17(20)22(28)25-16-8-3-2-4-9-16/h2-13,24H,14H2,1H3,(H,25,28)(H,26,27). The molecule has 3 aromatic rings. The first-order valence-corrected chi connectivity index (χ1v) is 9.16. The molecule has 2 amide bonds. The molecule has 0 fully saturated rings. The summed E-state index contributed by atoms with van der Waals surface area (Å²) >= 11 is 6.08. The van der Waals surface area contributed by atoms with Gasteiger partial charge >= 0.3 is 0 Å². The molecule has 5 nitrogen and oxygen atoms in total. The third kappa shape index (κ3) is 4.90. The van der Waals surface area contributed by atoms with Crippen molar-refractivity contribution in [3.8, 4) is 0 Å². The van der Waals surface area contributed by atoms with E-state index in [1.54, 1.807) is 42.5 Å². The Morgan fingerprint density at radius 3 is 2.29 bits per heavy atom. The second-order valence-corrected chi connectivity index (χ2v) is 6.59. The highest BCUT2D eigenvalue weighted by Crippen LogP contribution is 2.23. The maximum atomic E-state index is 12.6. The lowest BCUT2D eigenvalue weighted by molar-refractivity contribution is -0.114. The average molecular weight is 394 g/mol. The molecule has 0 saturated carbocycles. The summed E-state index contributed by atoms with van der Waals surface area (Å²) in [5, 5.41) is 9.29. The molecule has 0 atom stereocenters. The number of hydrogen-bond donors (Lipinski definition) is 3. The number of carbonyl (C=O) groups excluding carboxylic acids is 2. The van der Waals surface area contributed by atoms with Gasteiger partial charge in [-0.3, -0.25) is 9.59 Å². The summed E-state index contributed by atoms with van der Waals surface area (Å²) in [6.07, 6.45) is 0. The second-order valence-electron chi connectivity index (χ2n) is 6.18. The Morgan fingerprint density at radius 2 is 1.50 bits per heavy atom. The summed E-state index contributed by atoms with van der Waals surface area (Å²) in [6.45, 7) is 1.86. The molecule has 3 aromatic carbocycles. The molecule has 0 saturated heterocycles. The first kappa shape index (κ1) is 19.5. The van der Waals surface area contributed by atoms with Crippen LogP contribution in [0.5, 0.6) is 0 Å². The number of para-hydroxylation sites is 2. The van der Waals surface area contributed by atoms with Crippen LogP contribution in [-0.4, -0.2) is 18.4 Å². The predicted molar refractivity (Wildman–Crippen MR) is 114 cm³/mol. The Labute approximate surface area is 168 Å². The van der Waals surface area contributed by atoms with Crippen LogP contribution >= 0.6 is 11.6 Å². The van der Waals surface area contributed by atoms with Crippen LogP contribution in [0.2, 0.25) is 5.02 Å². The molecule has 0 spiro atoms. The van der Waals surface area contributed by atoms with Crippen molar-refractivity contribution in [2.75, 3.05) is 22.5 Å². The monoisotopic (exact) mass is 393 g/mol. The van der Waals surface area contributed by atoms with E-state index < -0.39 is 0 Å². The maximum absolute atomic E-state index is 12.6. The third-order valence-corrected chi connectivity index (χ3v) is 4.59. The Morgan fingerprint density at radius 1 is 0.821 bits per heavy atom. The summed E-state index contributed by atoms with van der Waals surface area (Å²) in [7, 11) is 0. The van der Waals surface area contributed by atoms with E-state index in [4.69, 9.17) is 11.6 Å². The Kier molecular flexibility index (Phi) is 6.29. The molecule has 0 unspecified atom stereocenters. The number of benzene rings is 3. The fourth-order valence-electron chi connectivity index (χ4n) is 2.67. The lowest BCUT2D eigenvalue weighted by Gasteiger charge is -2.13. The van der Waals surface area contributed by atoms with Crippen LogP contribution in [-0.2, 0) is 4.79 Å². The minimum atomic E-state index is -0.250. The van der Waals surface area contributed by atoms with E-state index in [0.29, 0.717) is 27.6 Å². The van der Waals surface area contributed by atoms with E-state index in [-0.39, 0.29) is 18.4 Å². The van der Waals surface area contributed by atoms with Crippen LogP contribution in [0.15, 0.2) is 72.8 Å². The van der Waals surface area contributed by atoms with Gasteiger partial charge in [0.25, 0.3) is 5.91 Å². The largest absolute Gasteiger partial charge is 0.376 e. The zero-order valence-electron chi connectivity index (χ0n) is 15.3. The fraction of sp³-hybridized carbons (Fsp3) is 0.0909. The van der Waals surface area contributed by atoms with Crippen LogP contribution in [0.25, 0.3) is 0 Å². The van der Waals surface area contributed by atoms with Crippen LogP contribution in [0.1, 0.15) is 15.9 Å². The van der Waals surface area contributed by atoms with Gasteiger partial charge in [0.15, 0.2) is 0 Å². The van der Waals surface area contributed by atoms with Crippen molar-refractivity contribution in [1.29, 1.82) is 0 Å². The van der Waals surface area contributed by atoms with Crippen molar-refractivity contribution >= 4 is 40.5 Å². The van der Waals surface area contributed by atoms with Gasteiger partial charge in [-0.2, -0.15) is 0 Å². The van der Waals surface area contributed by atoms with Crippen LogP contribution in [0.4, 0.5) is 17.1 Å². The van der Waals surface area contributed by atoms with Gasteiger partial charge in [-0.05, 0) is 48.9 Å². The highest BCUT2D eigenvalue weighted by atomic mass is 35.5. The molecule has 0 heterocycles. The molecule has 3 rings (SSSR count). The number of nitrogens with one attached hydrogen (secondary N) is 3. The van der Waals surface area contributed by atoms with Gasteiger partial charge in [0.05, 0.1) is 12.1 Å². The summed E-state index contributed by atoms with van der Waals surface area (Å²) in [6, 6.07) is 21.6. The van der Waals surface area contributed by atoms with E-state index in [9.17, 15) is 9.59 Å². The predicted octanol–water partition coefficient (Wildman–Crippen LogP) is 4.95. The number of amides is 2. The Bertz CT molecular complexity index is 990. The first-order valence-electron chi connectivity index (χ1n) is 8.79. The molecule has 3 N–H and O–H groups in total. The summed E-state index contributed by atoms with van der Waals surface area (Å²) < 4.78 is 0. The number of anilines is 3. The van der Waals surface area contributed by atoms with E-state index in [1.807, 2.05) is 37.3 Å². The van der Waals surface area contributed by atoms with Gasteiger partial charge in [-0.15, -0.1) is 0 Å². The van der Waals surface area contributed by atoms with E-state index >= 15 is 0 Å². The SMILES string of the molecule is Cc1c(Cl)cccc1NC(=O)CNc1ccccc1C(=O)Nc1ccccc1. The van der Waals surface area contributed by atoms with E-state index in [0.717, 1.165) is 5.56 Å². The van der Waals surface area contributed by atoms with E-state index in [1.165, 1.54) is 0 Å². The van der Waals surface area contributed by atoms with Crippen LogP contribution < -0.4 is 16.0 Å². The number of hydrogen-bond acceptors (Lipinski definition) is 3. The normalized spacial score (nSPS) is 10.2. The number of carbonyl (C=O) groups is 2.